The zero-order valence-electron chi connectivity index (χ0n) is 15.4. The molecule has 4 atom stereocenters. The van der Waals surface area contributed by atoms with E-state index in [0.29, 0.717) is 36.4 Å². The highest BCUT2D eigenvalue weighted by atomic mass is 16.2. The molecule has 0 saturated heterocycles. The van der Waals surface area contributed by atoms with Crippen molar-refractivity contribution in [3.8, 4) is 0 Å². The van der Waals surface area contributed by atoms with E-state index in [0.717, 1.165) is 50.0 Å². The van der Waals surface area contributed by atoms with E-state index >= 15 is 0 Å². The maximum atomic E-state index is 13.2. The van der Waals surface area contributed by atoms with Gasteiger partial charge >= 0.3 is 0 Å². The number of hydrogen-bond acceptors (Lipinski definition) is 3. The molecule has 0 aromatic carbocycles. The lowest BCUT2D eigenvalue weighted by Crippen LogP contribution is -2.50. The van der Waals surface area contributed by atoms with E-state index in [-0.39, 0.29) is 6.04 Å². The van der Waals surface area contributed by atoms with Crippen LogP contribution in [-0.2, 0) is 4.79 Å². The van der Waals surface area contributed by atoms with E-state index in [9.17, 15) is 4.79 Å². The van der Waals surface area contributed by atoms with Gasteiger partial charge in [0.25, 0.3) is 0 Å². The number of hydrogen-bond donors (Lipinski definition) is 2. The molecule has 0 heterocycles. The van der Waals surface area contributed by atoms with Crippen molar-refractivity contribution in [2.45, 2.75) is 83.3 Å². The van der Waals surface area contributed by atoms with E-state index < -0.39 is 0 Å². The van der Waals surface area contributed by atoms with Crippen molar-refractivity contribution < 1.29 is 4.79 Å². The molecule has 3 aliphatic rings. The van der Waals surface area contributed by atoms with Crippen molar-refractivity contribution in [2.24, 2.45) is 29.2 Å². The van der Waals surface area contributed by atoms with Gasteiger partial charge in [-0.2, -0.15) is 0 Å². The third-order valence-electron chi connectivity index (χ3n) is 6.55. The van der Waals surface area contributed by atoms with Gasteiger partial charge in [0.2, 0.25) is 5.91 Å². The van der Waals surface area contributed by atoms with Crippen LogP contribution in [0.3, 0.4) is 0 Å². The van der Waals surface area contributed by atoms with E-state index in [1.54, 1.807) is 0 Å². The van der Waals surface area contributed by atoms with E-state index in [4.69, 9.17) is 11.5 Å². The summed E-state index contributed by atoms with van der Waals surface area (Å²) >= 11 is 0. The average Bonchev–Trinajstić information content (AvgIpc) is 3.41. The van der Waals surface area contributed by atoms with E-state index in [1.807, 2.05) is 0 Å². The highest BCUT2D eigenvalue weighted by Gasteiger charge is 2.41. The van der Waals surface area contributed by atoms with Crippen molar-refractivity contribution in [1.82, 2.24) is 4.90 Å². The van der Waals surface area contributed by atoms with Gasteiger partial charge in [-0.05, 0) is 75.7 Å². The van der Waals surface area contributed by atoms with Crippen LogP contribution >= 0.6 is 0 Å². The number of carbonyl (C=O) groups excluding carboxylic acids is 1. The molecule has 0 radical (unpaired) electrons. The molecule has 136 valence electrons. The second kappa shape index (κ2) is 7.57. The SMILES string of the molecule is CC(C)C1CC=C(C(=O)N(C2CC2)C2CCC(N)C(CN)C2)CC1. The minimum Gasteiger partial charge on any atom is -0.333 e. The van der Waals surface area contributed by atoms with Crippen molar-refractivity contribution in [1.29, 1.82) is 0 Å². The predicted octanol–water partition coefficient (Wildman–Crippen LogP) is 2.81. The van der Waals surface area contributed by atoms with Crippen molar-refractivity contribution in [2.75, 3.05) is 6.54 Å². The maximum Gasteiger partial charge on any atom is 0.249 e. The fourth-order valence-electron chi connectivity index (χ4n) is 4.59. The van der Waals surface area contributed by atoms with E-state index in [1.165, 1.54) is 12.8 Å². The van der Waals surface area contributed by atoms with Crippen LogP contribution in [0.4, 0.5) is 0 Å². The minimum absolute atomic E-state index is 0.211. The van der Waals surface area contributed by atoms with Crippen LogP contribution in [-0.4, -0.2) is 35.5 Å². The number of allylic oxidation sites excluding steroid dienone is 1. The van der Waals surface area contributed by atoms with Gasteiger partial charge < -0.3 is 16.4 Å². The van der Waals surface area contributed by atoms with Crippen LogP contribution in [0.1, 0.15) is 65.2 Å². The summed E-state index contributed by atoms with van der Waals surface area (Å²) in [6.45, 7) is 5.23. The number of carbonyl (C=O) groups is 1. The van der Waals surface area contributed by atoms with Crippen molar-refractivity contribution in [3.63, 3.8) is 0 Å². The summed E-state index contributed by atoms with van der Waals surface area (Å²) in [7, 11) is 0. The Balaban J connectivity index is 1.69. The molecular formula is C20H35N3O. The number of rotatable bonds is 5. The highest BCUT2D eigenvalue weighted by molar-refractivity contribution is 5.94. The Bertz CT molecular complexity index is 483. The Morgan fingerprint density at radius 2 is 1.92 bits per heavy atom. The smallest absolute Gasteiger partial charge is 0.249 e. The summed E-state index contributed by atoms with van der Waals surface area (Å²) in [5, 5.41) is 0. The molecule has 0 bridgehead atoms. The monoisotopic (exact) mass is 333 g/mol. The van der Waals surface area contributed by atoms with Crippen LogP contribution in [0.5, 0.6) is 0 Å². The summed E-state index contributed by atoms with van der Waals surface area (Å²) in [5.74, 6) is 2.13. The standard InChI is InChI=1S/C20H35N3O/c1-13(2)14-3-5-15(6-4-14)20(24)23(17-7-8-17)18-9-10-19(22)16(11-18)12-21/h5,13-14,16-19H,3-4,6-12,21-22H2,1-2H3. The third kappa shape index (κ3) is 3.85. The average molecular weight is 334 g/mol. The molecule has 1 amide bonds. The Morgan fingerprint density at radius 1 is 1.21 bits per heavy atom. The van der Waals surface area contributed by atoms with Gasteiger partial charge in [-0.25, -0.2) is 0 Å². The fourth-order valence-corrected chi connectivity index (χ4v) is 4.59. The van der Waals surface area contributed by atoms with Gasteiger partial charge in [-0.3, -0.25) is 4.79 Å². The van der Waals surface area contributed by atoms with Crippen molar-refractivity contribution >= 4 is 5.91 Å². The fraction of sp³-hybridized carbons (Fsp3) is 0.850. The quantitative estimate of drug-likeness (QED) is 0.812. The highest BCUT2D eigenvalue weighted by Crippen LogP contribution is 2.38. The molecule has 2 saturated carbocycles. The molecule has 4 unspecified atom stereocenters. The maximum absolute atomic E-state index is 13.2. The topological polar surface area (TPSA) is 72.3 Å². The van der Waals surface area contributed by atoms with E-state index in [2.05, 4.69) is 24.8 Å². The molecule has 3 aliphatic carbocycles. The third-order valence-corrected chi connectivity index (χ3v) is 6.55. The lowest BCUT2D eigenvalue weighted by Gasteiger charge is -2.41. The molecule has 0 aliphatic heterocycles. The first-order valence-electron chi connectivity index (χ1n) is 9.98. The molecule has 24 heavy (non-hydrogen) atoms. The summed E-state index contributed by atoms with van der Waals surface area (Å²) < 4.78 is 0. The summed E-state index contributed by atoms with van der Waals surface area (Å²) in [4.78, 5) is 15.5. The molecule has 4 heteroatoms. The van der Waals surface area contributed by atoms with Gasteiger partial charge in [0.1, 0.15) is 0 Å². The number of amides is 1. The predicted molar refractivity (Wildman–Crippen MR) is 98.3 cm³/mol. The van der Waals surface area contributed by atoms with Crippen LogP contribution in [0.2, 0.25) is 0 Å². The van der Waals surface area contributed by atoms with Crippen LogP contribution in [0, 0.1) is 17.8 Å². The Morgan fingerprint density at radius 3 is 2.46 bits per heavy atom. The zero-order chi connectivity index (χ0) is 17.3. The van der Waals surface area contributed by atoms with Crippen molar-refractivity contribution in [3.05, 3.63) is 11.6 Å². The molecular weight excluding hydrogens is 298 g/mol. The molecule has 0 spiro atoms. The molecule has 2 fully saturated rings. The number of nitrogens with zero attached hydrogens (tertiary/aromatic N) is 1. The lowest BCUT2D eigenvalue weighted by atomic mass is 9.80. The zero-order valence-corrected chi connectivity index (χ0v) is 15.4. The first-order valence-corrected chi connectivity index (χ1v) is 9.98. The Labute approximate surface area is 147 Å². The van der Waals surface area contributed by atoms with Gasteiger partial charge in [-0.15, -0.1) is 0 Å². The Hall–Kier alpha value is -0.870. The summed E-state index contributed by atoms with van der Waals surface area (Å²) in [5.41, 5.74) is 13.2. The van der Waals surface area contributed by atoms with Gasteiger partial charge in [0.05, 0.1) is 0 Å². The van der Waals surface area contributed by atoms with Gasteiger partial charge in [-0.1, -0.05) is 19.9 Å². The second-order valence-electron chi connectivity index (χ2n) is 8.58. The van der Waals surface area contributed by atoms with Gasteiger partial charge in [0.15, 0.2) is 0 Å². The lowest BCUT2D eigenvalue weighted by molar-refractivity contribution is -0.131. The second-order valence-corrected chi connectivity index (χ2v) is 8.58. The van der Waals surface area contributed by atoms with Crippen LogP contribution < -0.4 is 11.5 Å². The van der Waals surface area contributed by atoms with Crippen LogP contribution in [0.15, 0.2) is 11.6 Å². The number of nitrogens with two attached hydrogens (primary N) is 2. The molecule has 4 N–H and O–H groups in total. The summed E-state index contributed by atoms with van der Waals surface area (Å²) in [6.07, 6.45) is 10.8. The summed E-state index contributed by atoms with van der Waals surface area (Å²) in [6, 6.07) is 1.03. The normalized spacial score (nSPS) is 34.1. The molecule has 3 rings (SSSR count). The first-order chi connectivity index (χ1) is 11.5. The first kappa shape index (κ1) is 17.9. The molecule has 4 nitrogen and oxygen atoms in total. The Kier molecular flexibility index (Phi) is 5.66. The minimum atomic E-state index is 0.211. The van der Waals surface area contributed by atoms with Gasteiger partial charge in [0, 0.05) is 23.7 Å². The largest absolute Gasteiger partial charge is 0.333 e. The van der Waals surface area contributed by atoms with Crippen LogP contribution in [0.25, 0.3) is 0 Å². The molecule has 0 aromatic rings. The molecule has 0 aromatic heterocycles.